The molecule has 16 heavy (non-hydrogen) atoms. The van der Waals surface area contributed by atoms with Gasteiger partial charge >= 0.3 is 0 Å². The molecule has 0 aliphatic carbocycles. The third-order valence-electron chi connectivity index (χ3n) is 2.44. The Kier molecular flexibility index (Phi) is 4.79. The van der Waals surface area contributed by atoms with Crippen LogP contribution in [0.4, 0.5) is 0 Å². The van der Waals surface area contributed by atoms with E-state index in [2.05, 4.69) is 0 Å². The van der Waals surface area contributed by atoms with Gasteiger partial charge in [0.25, 0.3) is 0 Å². The van der Waals surface area contributed by atoms with Crippen LogP contribution in [0.2, 0.25) is 0 Å². The van der Waals surface area contributed by atoms with E-state index in [4.69, 9.17) is 4.74 Å². The summed E-state index contributed by atoms with van der Waals surface area (Å²) in [5, 5.41) is 10.3. The van der Waals surface area contributed by atoms with Crippen molar-refractivity contribution in [2.75, 3.05) is 20.7 Å². The van der Waals surface area contributed by atoms with Gasteiger partial charge in [-0.25, -0.2) is 0 Å². The van der Waals surface area contributed by atoms with E-state index in [1.54, 1.807) is 7.11 Å². The number of aliphatic carboxylic acids is 1. The van der Waals surface area contributed by atoms with Crippen LogP contribution in [0, 0.1) is 0 Å². The van der Waals surface area contributed by atoms with Gasteiger partial charge in [-0.3, -0.25) is 0 Å². The summed E-state index contributed by atoms with van der Waals surface area (Å²) in [5.41, 5.74) is 1.08. The molecule has 0 aliphatic rings. The van der Waals surface area contributed by atoms with Crippen LogP contribution >= 0.6 is 0 Å². The van der Waals surface area contributed by atoms with E-state index in [1.807, 2.05) is 31.3 Å². The average Bonchev–Trinajstić information content (AvgIpc) is 2.27. The van der Waals surface area contributed by atoms with E-state index in [1.165, 1.54) is 0 Å². The number of para-hydroxylation sites is 1. The molecule has 0 amide bonds. The normalized spacial score (nSPS) is 12.1. The summed E-state index contributed by atoms with van der Waals surface area (Å²) in [6, 6.07) is 7.76. The van der Waals surface area contributed by atoms with E-state index in [0.29, 0.717) is 6.54 Å². The highest BCUT2D eigenvalue weighted by Gasteiger charge is 2.08. The summed E-state index contributed by atoms with van der Waals surface area (Å²) in [4.78, 5) is 11.4. The number of carbonyl (C=O) groups excluding carboxylic acids is 1. The Morgan fingerprint density at radius 2 is 2.12 bits per heavy atom. The lowest BCUT2D eigenvalue weighted by atomic mass is 10.2. The number of nitrogens with one attached hydrogen (secondary N) is 1. The fraction of sp³-hybridized carbons (Fsp3) is 0.417. The molecular formula is C12H17NO3. The van der Waals surface area contributed by atoms with Gasteiger partial charge in [0.05, 0.1) is 20.7 Å². The summed E-state index contributed by atoms with van der Waals surface area (Å²) < 4.78 is 5.23. The number of ether oxygens (including phenoxy) is 1. The van der Waals surface area contributed by atoms with Crippen molar-refractivity contribution in [2.24, 2.45) is 0 Å². The number of rotatable bonds is 6. The van der Waals surface area contributed by atoms with Gasteiger partial charge in [0.2, 0.25) is 0 Å². The quantitative estimate of drug-likeness (QED) is 0.662. The van der Waals surface area contributed by atoms with Crippen LogP contribution in [0.15, 0.2) is 24.3 Å². The number of methoxy groups -OCH3 is 1. The first-order chi connectivity index (χ1) is 7.63. The third kappa shape index (κ3) is 3.90. The molecule has 4 nitrogen and oxygen atoms in total. The topological polar surface area (TPSA) is 53.8 Å². The van der Waals surface area contributed by atoms with Crippen LogP contribution in [0.3, 0.4) is 0 Å². The van der Waals surface area contributed by atoms with Crippen molar-refractivity contribution < 1.29 is 19.5 Å². The highest BCUT2D eigenvalue weighted by Crippen LogP contribution is 2.15. The molecule has 0 saturated carbocycles. The van der Waals surface area contributed by atoms with Crippen molar-refractivity contribution in [2.45, 2.75) is 13.0 Å². The third-order valence-corrected chi connectivity index (χ3v) is 2.44. The minimum absolute atomic E-state index is 0.0843. The molecule has 1 aromatic carbocycles. The number of carbonyl (C=O) groups is 1. The number of hydrogen-bond acceptors (Lipinski definition) is 3. The van der Waals surface area contributed by atoms with Gasteiger partial charge in [0, 0.05) is 18.0 Å². The lowest BCUT2D eigenvalue weighted by Gasteiger charge is -2.16. The zero-order chi connectivity index (χ0) is 12.0. The fourth-order valence-corrected chi connectivity index (χ4v) is 1.58. The summed E-state index contributed by atoms with van der Waals surface area (Å²) in [7, 11) is 3.59. The maximum atomic E-state index is 10.3. The SMILES string of the molecule is COc1ccccc1C[NH+](C)CCC(=O)[O-]. The highest BCUT2D eigenvalue weighted by atomic mass is 16.5. The summed E-state index contributed by atoms with van der Waals surface area (Å²) in [6.45, 7) is 1.30. The second-order valence-corrected chi connectivity index (χ2v) is 3.82. The lowest BCUT2D eigenvalue weighted by molar-refractivity contribution is -0.893. The van der Waals surface area contributed by atoms with Crippen molar-refractivity contribution >= 4 is 5.97 Å². The molecule has 1 atom stereocenters. The molecule has 0 saturated heterocycles. The average molecular weight is 223 g/mol. The Bertz CT molecular complexity index is 352. The molecule has 4 heteroatoms. The lowest BCUT2D eigenvalue weighted by Crippen LogP contribution is -3.07. The molecule has 0 fully saturated rings. The van der Waals surface area contributed by atoms with Gasteiger partial charge in [-0.2, -0.15) is 0 Å². The van der Waals surface area contributed by atoms with E-state index in [9.17, 15) is 9.90 Å². The van der Waals surface area contributed by atoms with Gasteiger partial charge in [0.15, 0.2) is 0 Å². The molecule has 0 aliphatic heterocycles. The van der Waals surface area contributed by atoms with Gasteiger partial charge in [-0.15, -0.1) is 0 Å². The van der Waals surface area contributed by atoms with Crippen LogP contribution in [-0.4, -0.2) is 26.7 Å². The van der Waals surface area contributed by atoms with Crippen molar-refractivity contribution in [3.63, 3.8) is 0 Å². The second-order valence-electron chi connectivity index (χ2n) is 3.82. The summed E-state index contributed by atoms with van der Waals surface area (Å²) in [5.74, 6) is -0.158. The van der Waals surface area contributed by atoms with Crippen molar-refractivity contribution in [3.8, 4) is 5.75 Å². The van der Waals surface area contributed by atoms with E-state index < -0.39 is 5.97 Å². The molecule has 0 heterocycles. The summed E-state index contributed by atoms with van der Waals surface area (Å²) >= 11 is 0. The minimum Gasteiger partial charge on any atom is -0.550 e. The first-order valence-electron chi connectivity index (χ1n) is 5.26. The molecule has 0 aromatic heterocycles. The van der Waals surface area contributed by atoms with Crippen molar-refractivity contribution in [3.05, 3.63) is 29.8 Å². The van der Waals surface area contributed by atoms with Crippen LogP contribution in [0.25, 0.3) is 0 Å². The van der Waals surface area contributed by atoms with Gasteiger partial charge in [0.1, 0.15) is 12.3 Å². The monoisotopic (exact) mass is 223 g/mol. The zero-order valence-electron chi connectivity index (χ0n) is 9.66. The molecule has 1 aromatic rings. The molecule has 1 rings (SSSR count). The van der Waals surface area contributed by atoms with Crippen LogP contribution in [0.1, 0.15) is 12.0 Å². The number of hydrogen-bond donors (Lipinski definition) is 1. The van der Waals surface area contributed by atoms with E-state index in [-0.39, 0.29) is 6.42 Å². The Hall–Kier alpha value is -1.55. The maximum absolute atomic E-state index is 10.3. The molecule has 1 unspecified atom stereocenters. The molecule has 0 bridgehead atoms. The molecule has 0 spiro atoms. The van der Waals surface area contributed by atoms with E-state index in [0.717, 1.165) is 22.8 Å². The van der Waals surface area contributed by atoms with Gasteiger partial charge < -0.3 is 19.5 Å². The van der Waals surface area contributed by atoms with Crippen LogP contribution in [-0.2, 0) is 11.3 Å². The largest absolute Gasteiger partial charge is 0.550 e. The minimum atomic E-state index is -1.00. The first-order valence-corrected chi connectivity index (χ1v) is 5.26. The Labute approximate surface area is 95.5 Å². The predicted octanol–water partition coefficient (Wildman–Crippen LogP) is -1.15. The van der Waals surface area contributed by atoms with Crippen LogP contribution < -0.4 is 14.7 Å². The van der Waals surface area contributed by atoms with Crippen molar-refractivity contribution in [1.82, 2.24) is 0 Å². The fourth-order valence-electron chi connectivity index (χ4n) is 1.58. The standard InChI is InChI=1S/C12H17NO3/c1-13(8-7-12(14)15)9-10-5-3-4-6-11(10)16-2/h3-6H,7-9H2,1-2H3,(H,14,15). The zero-order valence-corrected chi connectivity index (χ0v) is 9.66. The van der Waals surface area contributed by atoms with Gasteiger partial charge in [-0.1, -0.05) is 12.1 Å². The number of quaternary nitrogens is 1. The number of carboxylic acids is 1. The van der Waals surface area contributed by atoms with Crippen molar-refractivity contribution in [1.29, 1.82) is 0 Å². The number of benzene rings is 1. The first kappa shape index (κ1) is 12.5. The highest BCUT2D eigenvalue weighted by molar-refractivity contribution is 5.64. The predicted molar refractivity (Wildman–Crippen MR) is 58.1 cm³/mol. The summed E-state index contributed by atoms with van der Waals surface area (Å²) in [6.07, 6.45) is 0.0843. The maximum Gasteiger partial charge on any atom is 0.127 e. The van der Waals surface area contributed by atoms with Crippen LogP contribution in [0.5, 0.6) is 5.75 Å². The van der Waals surface area contributed by atoms with E-state index >= 15 is 0 Å². The molecule has 1 N–H and O–H groups in total. The Balaban J connectivity index is 2.55. The Morgan fingerprint density at radius 3 is 2.75 bits per heavy atom. The Morgan fingerprint density at radius 1 is 1.44 bits per heavy atom. The second kappa shape index (κ2) is 6.12. The molecular weight excluding hydrogens is 206 g/mol. The molecule has 0 radical (unpaired) electrons. The smallest absolute Gasteiger partial charge is 0.127 e. The van der Waals surface area contributed by atoms with Gasteiger partial charge in [-0.05, 0) is 12.1 Å². The number of carboxylic acid groups (broad SMARTS) is 1. The molecule has 88 valence electrons.